The molecule has 1 unspecified atom stereocenters. The van der Waals surface area contributed by atoms with Crippen LogP contribution in [0.25, 0.3) is 0 Å². The number of rotatable bonds is 6. The minimum atomic E-state index is -0.335. The normalized spacial score (nSPS) is 17.2. The number of carbonyl (C=O) groups is 1. The molecule has 1 fully saturated rings. The third-order valence-electron chi connectivity index (χ3n) is 5.05. The van der Waals surface area contributed by atoms with Crippen LogP contribution >= 0.6 is 11.3 Å². The number of piperazine rings is 1. The van der Waals surface area contributed by atoms with Gasteiger partial charge >= 0.3 is 0 Å². The quantitative estimate of drug-likeness (QED) is 0.841. The molecule has 0 bridgehead atoms. The van der Waals surface area contributed by atoms with Crippen molar-refractivity contribution in [2.24, 2.45) is 0 Å². The predicted octanol–water partition coefficient (Wildman–Crippen LogP) is 3.38. The van der Waals surface area contributed by atoms with Gasteiger partial charge in [0.15, 0.2) is 0 Å². The van der Waals surface area contributed by atoms with Gasteiger partial charge in [-0.3, -0.25) is 9.69 Å². The fourth-order valence-electron chi connectivity index (χ4n) is 3.23. The van der Waals surface area contributed by atoms with Crippen molar-refractivity contribution in [2.45, 2.75) is 26.3 Å². The second-order valence-corrected chi connectivity index (χ2v) is 7.86. The first-order chi connectivity index (χ1) is 12.5. The van der Waals surface area contributed by atoms with Gasteiger partial charge in [0.05, 0.1) is 6.04 Å². The summed E-state index contributed by atoms with van der Waals surface area (Å²) in [6.45, 7) is 8.56. The van der Waals surface area contributed by atoms with Crippen LogP contribution in [0.3, 0.4) is 0 Å². The fraction of sp³-hybridized carbons (Fsp3) is 0.450. The van der Waals surface area contributed by atoms with Gasteiger partial charge in [-0.1, -0.05) is 12.1 Å². The highest BCUT2D eigenvalue weighted by molar-refractivity contribution is 7.09. The lowest BCUT2D eigenvalue weighted by Crippen LogP contribution is -2.53. The first-order valence-corrected chi connectivity index (χ1v) is 9.96. The van der Waals surface area contributed by atoms with Gasteiger partial charge in [0.25, 0.3) is 0 Å². The van der Waals surface area contributed by atoms with Gasteiger partial charge in [-0.05, 0) is 49.4 Å². The molecule has 0 radical (unpaired) electrons. The molecule has 26 heavy (non-hydrogen) atoms. The highest BCUT2D eigenvalue weighted by Crippen LogP contribution is 2.17. The van der Waals surface area contributed by atoms with Crippen molar-refractivity contribution in [1.82, 2.24) is 9.80 Å². The summed E-state index contributed by atoms with van der Waals surface area (Å²) in [5.74, 6) is -0.413. The Hall–Kier alpha value is -1.76. The van der Waals surface area contributed by atoms with Gasteiger partial charge in [-0.25, -0.2) is 4.39 Å². The highest BCUT2D eigenvalue weighted by Gasteiger charge is 2.25. The standard InChI is InChI=1S/C20H26FN3OS/c1-15-5-6-17(21)14-19(15)22-20(25)16(2)24-11-9-23(10-12-24)8-7-18-4-3-13-26-18/h3-6,13-14,16H,7-12H2,1-2H3,(H,22,25). The SMILES string of the molecule is Cc1ccc(F)cc1NC(=O)C(C)N1CCN(CCc2cccs2)CC1. The molecule has 6 heteroatoms. The number of anilines is 1. The number of nitrogens with zero attached hydrogens (tertiary/aromatic N) is 2. The maximum Gasteiger partial charge on any atom is 0.241 e. The lowest BCUT2D eigenvalue weighted by Gasteiger charge is -2.37. The Balaban J connectivity index is 1.47. The third-order valence-corrected chi connectivity index (χ3v) is 5.98. The molecule has 1 aromatic carbocycles. The van der Waals surface area contributed by atoms with Crippen LogP contribution in [0.1, 0.15) is 17.4 Å². The molecule has 4 nitrogen and oxygen atoms in total. The van der Waals surface area contributed by atoms with Crippen LogP contribution < -0.4 is 5.32 Å². The average Bonchev–Trinajstić information content (AvgIpc) is 3.16. The van der Waals surface area contributed by atoms with Gasteiger partial charge in [-0.15, -0.1) is 11.3 Å². The molecular weight excluding hydrogens is 349 g/mol. The molecule has 140 valence electrons. The zero-order chi connectivity index (χ0) is 18.5. The van der Waals surface area contributed by atoms with Crippen LogP contribution in [0.2, 0.25) is 0 Å². The lowest BCUT2D eigenvalue weighted by atomic mass is 10.1. The zero-order valence-electron chi connectivity index (χ0n) is 15.4. The van der Waals surface area contributed by atoms with E-state index in [9.17, 15) is 9.18 Å². The van der Waals surface area contributed by atoms with E-state index in [0.717, 1.165) is 44.7 Å². The average molecular weight is 376 g/mol. The second-order valence-electron chi connectivity index (χ2n) is 6.83. The van der Waals surface area contributed by atoms with Crippen LogP contribution in [0.15, 0.2) is 35.7 Å². The number of halogens is 1. The van der Waals surface area contributed by atoms with Crippen molar-refractivity contribution >= 4 is 22.9 Å². The summed E-state index contributed by atoms with van der Waals surface area (Å²) in [5, 5.41) is 4.99. The van der Waals surface area contributed by atoms with E-state index in [1.54, 1.807) is 6.07 Å². The summed E-state index contributed by atoms with van der Waals surface area (Å²) < 4.78 is 13.4. The van der Waals surface area contributed by atoms with E-state index in [1.807, 2.05) is 25.2 Å². The first kappa shape index (κ1) is 19.0. The third kappa shape index (κ3) is 4.90. The largest absolute Gasteiger partial charge is 0.324 e. The molecule has 2 aromatic rings. The first-order valence-electron chi connectivity index (χ1n) is 9.09. The summed E-state index contributed by atoms with van der Waals surface area (Å²) in [4.78, 5) is 18.6. The van der Waals surface area contributed by atoms with Crippen molar-refractivity contribution in [3.05, 3.63) is 52.0 Å². The summed E-state index contributed by atoms with van der Waals surface area (Å²) in [6.07, 6.45) is 1.09. The topological polar surface area (TPSA) is 35.6 Å². The molecule has 1 atom stereocenters. The number of nitrogens with one attached hydrogen (secondary N) is 1. The van der Waals surface area contributed by atoms with Crippen molar-refractivity contribution in [3.63, 3.8) is 0 Å². The number of hydrogen-bond acceptors (Lipinski definition) is 4. The molecule has 2 heterocycles. The minimum Gasteiger partial charge on any atom is -0.324 e. The van der Waals surface area contributed by atoms with E-state index in [4.69, 9.17) is 0 Å². The van der Waals surface area contributed by atoms with Gasteiger partial charge < -0.3 is 10.2 Å². The Morgan fingerprint density at radius 3 is 2.73 bits per heavy atom. The Morgan fingerprint density at radius 1 is 1.27 bits per heavy atom. The van der Waals surface area contributed by atoms with Gasteiger partial charge in [0.2, 0.25) is 5.91 Å². The fourth-order valence-corrected chi connectivity index (χ4v) is 3.93. The Labute approximate surface area is 158 Å². The molecule has 1 aliphatic rings. The van der Waals surface area contributed by atoms with Crippen molar-refractivity contribution < 1.29 is 9.18 Å². The molecule has 0 aliphatic carbocycles. The van der Waals surface area contributed by atoms with Crippen LogP contribution in [0.4, 0.5) is 10.1 Å². The van der Waals surface area contributed by atoms with E-state index in [1.165, 1.54) is 17.0 Å². The van der Waals surface area contributed by atoms with E-state index in [2.05, 4.69) is 32.6 Å². The second kappa shape index (κ2) is 8.75. The Morgan fingerprint density at radius 2 is 2.04 bits per heavy atom. The number of thiophene rings is 1. The predicted molar refractivity (Wildman–Crippen MR) is 105 cm³/mol. The summed E-state index contributed by atoms with van der Waals surface area (Å²) in [7, 11) is 0. The van der Waals surface area contributed by atoms with E-state index in [-0.39, 0.29) is 17.8 Å². The monoisotopic (exact) mass is 375 g/mol. The molecule has 3 rings (SSSR count). The van der Waals surface area contributed by atoms with Crippen molar-refractivity contribution in [1.29, 1.82) is 0 Å². The minimum absolute atomic E-state index is 0.0780. The number of amides is 1. The van der Waals surface area contributed by atoms with E-state index < -0.39 is 0 Å². The van der Waals surface area contributed by atoms with E-state index >= 15 is 0 Å². The van der Waals surface area contributed by atoms with Gasteiger partial charge in [0.1, 0.15) is 5.82 Å². The van der Waals surface area contributed by atoms with Gasteiger partial charge in [-0.2, -0.15) is 0 Å². The molecule has 1 aliphatic heterocycles. The smallest absolute Gasteiger partial charge is 0.241 e. The molecule has 0 spiro atoms. The lowest BCUT2D eigenvalue weighted by molar-refractivity contribution is -0.121. The number of aryl methyl sites for hydroxylation is 1. The van der Waals surface area contributed by atoms with Crippen LogP contribution in [-0.4, -0.2) is 54.5 Å². The Bertz CT molecular complexity index is 727. The zero-order valence-corrected chi connectivity index (χ0v) is 16.2. The van der Waals surface area contributed by atoms with Crippen LogP contribution in [-0.2, 0) is 11.2 Å². The molecule has 1 N–H and O–H groups in total. The molecule has 1 saturated heterocycles. The Kier molecular flexibility index (Phi) is 6.40. The van der Waals surface area contributed by atoms with Crippen molar-refractivity contribution in [2.75, 3.05) is 38.0 Å². The van der Waals surface area contributed by atoms with Crippen molar-refractivity contribution in [3.8, 4) is 0 Å². The number of benzene rings is 1. The van der Waals surface area contributed by atoms with Crippen LogP contribution in [0.5, 0.6) is 0 Å². The van der Waals surface area contributed by atoms with Gasteiger partial charge in [0, 0.05) is 43.3 Å². The van der Waals surface area contributed by atoms with Crippen LogP contribution in [0, 0.1) is 12.7 Å². The van der Waals surface area contributed by atoms with E-state index in [0.29, 0.717) is 5.69 Å². The number of hydrogen-bond donors (Lipinski definition) is 1. The summed E-state index contributed by atoms with van der Waals surface area (Å²) >= 11 is 1.81. The maximum absolute atomic E-state index is 13.4. The highest BCUT2D eigenvalue weighted by atomic mass is 32.1. The summed E-state index contributed by atoms with van der Waals surface area (Å²) in [6, 6.07) is 8.52. The molecule has 1 aromatic heterocycles. The maximum atomic E-state index is 13.4. The summed E-state index contributed by atoms with van der Waals surface area (Å²) in [5.41, 5.74) is 1.42. The molecule has 1 amide bonds. The molecule has 0 saturated carbocycles. The number of carbonyl (C=O) groups excluding carboxylic acids is 1. The molecular formula is C20H26FN3OS.